The van der Waals surface area contributed by atoms with Crippen LogP contribution in [0.1, 0.15) is 24.9 Å². The van der Waals surface area contributed by atoms with Crippen LogP contribution in [0.4, 0.5) is 0 Å². The number of methoxy groups -OCH3 is 1. The molecule has 1 atom stereocenters. The van der Waals surface area contributed by atoms with Gasteiger partial charge in [-0.3, -0.25) is 9.48 Å². The van der Waals surface area contributed by atoms with E-state index in [2.05, 4.69) is 10.1 Å². The lowest BCUT2D eigenvalue weighted by Gasteiger charge is -2.18. The van der Waals surface area contributed by atoms with E-state index in [-0.39, 0.29) is 18.4 Å². The van der Waals surface area contributed by atoms with E-state index in [9.17, 15) is 4.79 Å². The number of pyridine rings is 1. The first-order chi connectivity index (χ1) is 13.7. The summed E-state index contributed by atoms with van der Waals surface area (Å²) in [5.74, 6) is 0.936. The molecule has 0 saturated heterocycles. The Morgan fingerprint density at radius 3 is 2.79 bits per heavy atom. The fourth-order valence-electron chi connectivity index (χ4n) is 2.98. The number of carbonyl (C=O) groups excluding carboxylic acids is 1. The molecule has 0 radical (unpaired) electrons. The summed E-state index contributed by atoms with van der Waals surface area (Å²) in [6.45, 7) is 3.01. The molecule has 148 valence electrons. The number of nitrogens with two attached hydrogens (primary N) is 1. The van der Waals surface area contributed by atoms with E-state index < -0.39 is 0 Å². The highest BCUT2D eigenvalue weighted by Gasteiger charge is 2.22. The summed E-state index contributed by atoms with van der Waals surface area (Å²) in [6.07, 6.45) is 3.58. The third-order valence-corrected chi connectivity index (χ3v) is 4.27. The molecule has 8 heteroatoms. The molecule has 0 saturated carbocycles. The predicted molar refractivity (Wildman–Crippen MR) is 104 cm³/mol. The minimum atomic E-state index is -0.356. The van der Waals surface area contributed by atoms with Crippen LogP contribution in [0.5, 0.6) is 11.6 Å². The molecule has 28 heavy (non-hydrogen) atoms. The smallest absolute Gasteiger partial charge is 0.308 e. The third kappa shape index (κ3) is 4.40. The van der Waals surface area contributed by atoms with E-state index in [0.717, 1.165) is 22.2 Å². The first-order valence-corrected chi connectivity index (χ1v) is 9.12. The van der Waals surface area contributed by atoms with Gasteiger partial charge in [-0.15, -0.1) is 0 Å². The van der Waals surface area contributed by atoms with E-state index in [1.807, 2.05) is 28.9 Å². The van der Waals surface area contributed by atoms with Gasteiger partial charge in [0.15, 0.2) is 0 Å². The van der Waals surface area contributed by atoms with E-state index >= 15 is 0 Å². The van der Waals surface area contributed by atoms with Gasteiger partial charge < -0.3 is 19.9 Å². The average Bonchev–Trinajstić information content (AvgIpc) is 3.14. The number of aromatic nitrogens is 3. The highest BCUT2D eigenvalue weighted by molar-refractivity contribution is 5.81. The van der Waals surface area contributed by atoms with Gasteiger partial charge in [-0.05, 0) is 36.8 Å². The van der Waals surface area contributed by atoms with Gasteiger partial charge in [-0.25, -0.2) is 4.98 Å². The molecule has 8 nitrogen and oxygen atoms in total. The van der Waals surface area contributed by atoms with Crippen LogP contribution >= 0.6 is 0 Å². The van der Waals surface area contributed by atoms with Gasteiger partial charge in [0.25, 0.3) is 0 Å². The zero-order valence-electron chi connectivity index (χ0n) is 16.0. The number of nitrogens with zero attached hydrogens (tertiary/aromatic N) is 3. The van der Waals surface area contributed by atoms with E-state index in [1.54, 1.807) is 32.5 Å². The zero-order valence-corrected chi connectivity index (χ0v) is 16.0. The van der Waals surface area contributed by atoms with Crippen molar-refractivity contribution in [2.75, 3.05) is 26.9 Å². The molecule has 2 N–H and O–H groups in total. The summed E-state index contributed by atoms with van der Waals surface area (Å²) in [5.41, 5.74) is 7.20. The molecular weight excluding hydrogens is 360 g/mol. The Morgan fingerprint density at radius 2 is 2.11 bits per heavy atom. The normalized spacial score (nSPS) is 12.0. The van der Waals surface area contributed by atoms with Crippen molar-refractivity contribution in [2.45, 2.75) is 19.4 Å². The lowest BCUT2D eigenvalue weighted by atomic mass is 10.1. The monoisotopic (exact) mass is 384 g/mol. The van der Waals surface area contributed by atoms with Gasteiger partial charge in [0.2, 0.25) is 5.88 Å². The second kappa shape index (κ2) is 9.18. The first-order valence-electron chi connectivity index (χ1n) is 9.12. The standard InChI is InChI=1S/C20H24N4O4/c1-3-27-20(25)11-18(14-4-7-19(26-2)22-12-14)24-17-6-5-16(28-9-8-21)10-15(17)13-23-24/h4-7,10,12-13,18H,3,8-9,11,21H2,1-2H3. The molecule has 3 aromatic rings. The molecule has 3 rings (SSSR count). The number of fused-ring (bicyclic) bond motifs is 1. The molecule has 2 heterocycles. The zero-order chi connectivity index (χ0) is 19.9. The Kier molecular flexibility index (Phi) is 6.44. The summed E-state index contributed by atoms with van der Waals surface area (Å²) < 4.78 is 17.7. The summed E-state index contributed by atoms with van der Waals surface area (Å²) in [6, 6.07) is 8.97. The molecule has 0 aliphatic rings. The number of benzene rings is 1. The molecule has 0 aliphatic heterocycles. The van der Waals surface area contributed by atoms with Crippen molar-refractivity contribution in [1.82, 2.24) is 14.8 Å². The maximum Gasteiger partial charge on any atom is 0.308 e. The van der Waals surface area contributed by atoms with Crippen LogP contribution in [0, 0.1) is 0 Å². The Bertz CT molecular complexity index is 924. The summed E-state index contributed by atoms with van der Waals surface area (Å²) in [4.78, 5) is 16.5. The van der Waals surface area contributed by atoms with Crippen LogP contribution in [0.25, 0.3) is 10.9 Å². The molecule has 2 aromatic heterocycles. The molecule has 0 amide bonds. The maximum atomic E-state index is 12.2. The Morgan fingerprint density at radius 1 is 1.25 bits per heavy atom. The average molecular weight is 384 g/mol. The molecule has 0 bridgehead atoms. The highest BCUT2D eigenvalue weighted by atomic mass is 16.5. The predicted octanol–water partition coefficient (Wildman–Crippen LogP) is 2.32. The Labute approximate surface area is 163 Å². The van der Waals surface area contributed by atoms with Gasteiger partial charge >= 0.3 is 5.97 Å². The molecule has 0 aliphatic carbocycles. The lowest BCUT2D eigenvalue weighted by Crippen LogP contribution is -2.18. The van der Waals surface area contributed by atoms with E-state index in [0.29, 0.717) is 25.6 Å². The number of hydrogen-bond acceptors (Lipinski definition) is 7. The van der Waals surface area contributed by atoms with E-state index in [1.165, 1.54) is 0 Å². The van der Waals surface area contributed by atoms with Crippen molar-refractivity contribution < 1.29 is 19.0 Å². The summed E-state index contributed by atoms with van der Waals surface area (Å²) in [5, 5.41) is 5.43. The van der Waals surface area contributed by atoms with Crippen LogP contribution in [0.2, 0.25) is 0 Å². The second-order valence-corrected chi connectivity index (χ2v) is 6.11. The van der Waals surface area contributed by atoms with Crippen LogP contribution in [0.15, 0.2) is 42.7 Å². The number of rotatable bonds is 9. The minimum absolute atomic E-state index is 0.143. The Balaban J connectivity index is 1.97. The maximum absolute atomic E-state index is 12.2. The van der Waals surface area contributed by atoms with Crippen molar-refractivity contribution in [3.05, 3.63) is 48.3 Å². The Hall–Kier alpha value is -3.13. The topological polar surface area (TPSA) is 101 Å². The van der Waals surface area contributed by atoms with Crippen LogP contribution in [-0.2, 0) is 9.53 Å². The van der Waals surface area contributed by atoms with Crippen molar-refractivity contribution in [3.63, 3.8) is 0 Å². The summed E-state index contributed by atoms with van der Waals surface area (Å²) >= 11 is 0. The molecule has 0 fully saturated rings. The summed E-state index contributed by atoms with van der Waals surface area (Å²) in [7, 11) is 1.56. The fraction of sp³-hybridized carbons (Fsp3) is 0.350. The third-order valence-electron chi connectivity index (χ3n) is 4.27. The second-order valence-electron chi connectivity index (χ2n) is 6.11. The van der Waals surface area contributed by atoms with Crippen molar-refractivity contribution >= 4 is 16.9 Å². The number of esters is 1. The lowest BCUT2D eigenvalue weighted by molar-refractivity contribution is -0.143. The molecule has 1 aromatic carbocycles. The van der Waals surface area contributed by atoms with Gasteiger partial charge in [-0.1, -0.05) is 0 Å². The van der Waals surface area contributed by atoms with Crippen molar-refractivity contribution in [3.8, 4) is 11.6 Å². The quantitative estimate of drug-likeness (QED) is 0.565. The molecule has 1 unspecified atom stereocenters. The minimum Gasteiger partial charge on any atom is -0.492 e. The number of ether oxygens (including phenoxy) is 3. The highest BCUT2D eigenvalue weighted by Crippen LogP contribution is 2.29. The van der Waals surface area contributed by atoms with Gasteiger partial charge in [0.1, 0.15) is 12.4 Å². The van der Waals surface area contributed by atoms with Gasteiger partial charge in [0, 0.05) is 24.2 Å². The fourth-order valence-corrected chi connectivity index (χ4v) is 2.98. The largest absolute Gasteiger partial charge is 0.492 e. The number of hydrogen-bond donors (Lipinski definition) is 1. The number of carbonyl (C=O) groups is 1. The van der Waals surface area contributed by atoms with Crippen molar-refractivity contribution in [2.24, 2.45) is 5.73 Å². The van der Waals surface area contributed by atoms with Gasteiger partial charge in [0.05, 0.1) is 37.9 Å². The first kappa shape index (κ1) is 19.6. The van der Waals surface area contributed by atoms with Crippen LogP contribution < -0.4 is 15.2 Å². The van der Waals surface area contributed by atoms with E-state index in [4.69, 9.17) is 19.9 Å². The van der Waals surface area contributed by atoms with Gasteiger partial charge in [-0.2, -0.15) is 5.10 Å². The van der Waals surface area contributed by atoms with Crippen molar-refractivity contribution in [1.29, 1.82) is 0 Å². The molecule has 0 spiro atoms. The van der Waals surface area contributed by atoms with Crippen LogP contribution in [-0.4, -0.2) is 47.6 Å². The van der Waals surface area contributed by atoms with Crippen LogP contribution in [0.3, 0.4) is 0 Å². The SMILES string of the molecule is CCOC(=O)CC(c1ccc(OC)nc1)n1ncc2cc(OCCN)ccc21. The molecular formula is C20H24N4O4.